The first-order valence-corrected chi connectivity index (χ1v) is 10.6. The molecule has 1 saturated heterocycles. The van der Waals surface area contributed by atoms with E-state index in [0.29, 0.717) is 31.7 Å². The number of nitrogens with two attached hydrogens (primary N) is 1. The van der Waals surface area contributed by atoms with E-state index in [-0.39, 0.29) is 29.4 Å². The predicted octanol–water partition coefficient (Wildman–Crippen LogP) is -0.357. The summed E-state index contributed by atoms with van der Waals surface area (Å²) in [5.41, 5.74) is 5.85. The second-order valence-electron chi connectivity index (χ2n) is 5.48. The molecule has 1 fully saturated rings. The topological polar surface area (TPSA) is 119 Å². The number of morpholine rings is 1. The van der Waals surface area contributed by atoms with Crippen molar-refractivity contribution in [1.29, 1.82) is 0 Å². The predicted molar refractivity (Wildman–Crippen MR) is 89.6 cm³/mol. The van der Waals surface area contributed by atoms with E-state index in [0.717, 1.165) is 0 Å². The summed E-state index contributed by atoms with van der Waals surface area (Å²) in [7, 11) is -7.54. The molecule has 0 radical (unpaired) electrons. The molecule has 0 aliphatic carbocycles. The van der Waals surface area contributed by atoms with E-state index in [4.69, 9.17) is 10.5 Å². The van der Waals surface area contributed by atoms with Gasteiger partial charge in [-0.1, -0.05) is 6.07 Å². The quantitative estimate of drug-likeness (QED) is 0.627. The Bertz CT molecular complexity index is 772. The van der Waals surface area contributed by atoms with Gasteiger partial charge in [0.1, 0.15) is 0 Å². The van der Waals surface area contributed by atoms with Crippen molar-refractivity contribution in [1.82, 2.24) is 9.03 Å². The summed E-state index contributed by atoms with van der Waals surface area (Å²) in [6.45, 7) is 3.39. The van der Waals surface area contributed by atoms with E-state index < -0.39 is 20.0 Å². The molecule has 1 aliphatic rings. The average molecular weight is 377 g/mol. The molecule has 0 amide bonds. The van der Waals surface area contributed by atoms with Crippen molar-refractivity contribution in [3.63, 3.8) is 0 Å². The number of hydrogen-bond acceptors (Lipinski definition) is 6. The van der Waals surface area contributed by atoms with Gasteiger partial charge in [-0.15, -0.1) is 0 Å². The molecule has 0 spiro atoms. The van der Waals surface area contributed by atoms with Crippen LogP contribution in [0.2, 0.25) is 0 Å². The molecule has 10 heteroatoms. The van der Waals surface area contributed by atoms with Crippen molar-refractivity contribution in [2.24, 2.45) is 5.73 Å². The summed E-state index contributed by atoms with van der Waals surface area (Å²) >= 11 is 0. The number of hydrogen-bond donors (Lipinski definition) is 2. The van der Waals surface area contributed by atoms with Gasteiger partial charge in [0.15, 0.2) is 0 Å². The third-order valence-corrected chi connectivity index (χ3v) is 7.23. The average Bonchev–Trinajstić information content (AvgIpc) is 2.56. The number of ether oxygens (including phenoxy) is 1. The summed E-state index contributed by atoms with van der Waals surface area (Å²) < 4.78 is 59.1. The summed E-state index contributed by atoms with van der Waals surface area (Å²) in [6.07, 6.45) is 0.504. The molecule has 0 unspecified atom stereocenters. The van der Waals surface area contributed by atoms with Crippen molar-refractivity contribution in [3.8, 4) is 0 Å². The Kier molecular flexibility index (Phi) is 6.34. The molecule has 0 aromatic heterocycles. The van der Waals surface area contributed by atoms with Gasteiger partial charge in [-0.05, 0) is 37.6 Å². The van der Waals surface area contributed by atoms with E-state index in [1.165, 1.54) is 22.5 Å². The van der Waals surface area contributed by atoms with Crippen LogP contribution in [0.3, 0.4) is 0 Å². The van der Waals surface area contributed by atoms with Crippen LogP contribution in [0.25, 0.3) is 0 Å². The van der Waals surface area contributed by atoms with E-state index >= 15 is 0 Å². The minimum Gasteiger partial charge on any atom is -0.379 e. The van der Waals surface area contributed by atoms with Gasteiger partial charge < -0.3 is 10.5 Å². The lowest BCUT2D eigenvalue weighted by Crippen LogP contribution is -2.40. The van der Waals surface area contributed by atoms with E-state index in [1.807, 2.05) is 0 Å². The molecule has 1 aromatic carbocycles. The smallest absolute Gasteiger partial charge is 0.243 e. The Morgan fingerprint density at radius 1 is 1.21 bits per heavy atom. The van der Waals surface area contributed by atoms with Crippen LogP contribution in [0.1, 0.15) is 12.0 Å². The van der Waals surface area contributed by atoms with E-state index in [2.05, 4.69) is 4.72 Å². The van der Waals surface area contributed by atoms with Crippen LogP contribution >= 0.6 is 0 Å². The molecule has 3 N–H and O–H groups in total. The maximum Gasteiger partial charge on any atom is 0.243 e. The van der Waals surface area contributed by atoms with Gasteiger partial charge >= 0.3 is 0 Å². The van der Waals surface area contributed by atoms with Gasteiger partial charge in [0.25, 0.3) is 0 Å². The third-order valence-electron chi connectivity index (χ3n) is 3.73. The molecular weight excluding hydrogens is 354 g/mol. The second kappa shape index (κ2) is 7.89. The monoisotopic (exact) mass is 377 g/mol. The first-order chi connectivity index (χ1) is 11.3. The highest BCUT2D eigenvalue weighted by atomic mass is 32.2. The fraction of sp³-hybridized carbons (Fsp3) is 0.571. The molecule has 1 aromatic rings. The van der Waals surface area contributed by atoms with Gasteiger partial charge in [-0.3, -0.25) is 0 Å². The molecular formula is C14H23N3O5S2. The molecule has 136 valence electrons. The van der Waals surface area contributed by atoms with Crippen molar-refractivity contribution >= 4 is 20.0 Å². The highest BCUT2D eigenvalue weighted by Crippen LogP contribution is 2.24. The summed E-state index contributed by atoms with van der Waals surface area (Å²) in [5.74, 6) is 0. The first kappa shape index (κ1) is 19.3. The second-order valence-corrected chi connectivity index (χ2v) is 9.16. The zero-order valence-electron chi connectivity index (χ0n) is 13.6. The lowest BCUT2D eigenvalue weighted by atomic mass is 10.2. The molecule has 2 rings (SSSR count). The van der Waals surface area contributed by atoms with Crippen LogP contribution in [0.4, 0.5) is 0 Å². The number of sulfonamides is 2. The van der Waals surface area contributed by atoms with Crippen LogP contribution in [-0.4, -0.2) is 60.5 Å². The maximum absolute atomic E-state index is 12.8. The Hall–Kier alpha value is -1.04. The van der Waals surface area contributed by atoms with Crippen LogP contribution in [0, 0.1) is 6.92 Å². The van der Waals surface area contributed by atoms with E-state index in [1.54, 1.807) is 6.92 Å². The molecule has 1 heterocycles. The zero-order chi connectivity index (χ0) is 17.8. The fourth-order valence-corrected chi connectivity index (χ4v) is 5.18. The SMILES string of the molecule is Cc1ccc(S(=O)(=O)NCCCN)cc1S(=O)(=O)N1CCOCC1. The van der Waals surface area contributed by atoms with E-state index in [9.17, 15) is 16.8 Å². The highest BCUT2D eigenvalue weighted by molar-refractivity contribution is 7.90. The lowest BCUT2D eigenvalue weighted by molar-refractivity contribution is 0.0730. The Morgan fingerprint density at radius 2 is 1.88 bits per heavy atom. The Morgan fingerprint density at radius 3 is 2.50 bits per heavy atom. The van der Waals surface area contributed by atoms with Gasteiger partial charge in [-0.25, -0.2) is 21.6 Å². The first-order valence-electron chi connectivity index (χ1n) is 7.67. The minimum atomic E-state index is -3.78. The Labute approximate surface area is 143 Å². The number of aryl methyl sites for hydroxylation is 1. The van der Waals surface area contributed by atoms with Crippen LogP contribution in [0.5, 0.6) is 0 Å². The van der Waals surface area contributed by atoms with Crippen LogP contribution in [0.15, 0.2) is 28.0 Å². The highest BCUT2D eigenvalue weighted by Gasteiger charge is 2.29. The molecule has 0 atom stereocenters. The van der Waals surface area contributed by atoms with Crippen molar-refractivity contribution in [3.05, 3.63) is 23.8 Å². The summed E-state index contributed by atoms with van der Waals surface area (Å²) in [5, 5.41) is 0. The Balaban J connectivity index is 2.34. The van der Waals surface area contributed by atoms with Crippen molar-refractivity contribution < 1.29 is 21.6 Å². The molecule has 24 heavy (non-hydrogen) atoms. The number of nitrogens with zero attached hydrogens (tertiary/aromatic N) is 1. The van der Waals surface area contributed by atoms with Crippen LogP contribution < -0.4 is 10.5 Å². The van der Waals surface area contributed by atoms with Crippen LogP contribution in [-0.2, 0) is 24.8 Å². The summed E-state index contributed by atoms with van der Waals surface area (Å²) in [6, 6.07) is 4.12. The van der Waals surface area contributed by atoms with Crippen molar-refractivity contribution in [2.75, 3.05) is 39.4 Å². The molecule has 8 nitrogen and oxygen atoms in total. The third kappa shape index (κ3) is 4.32. The molecule has 1 aliphatic heterocycles. The fourth-order valence-electron chi connectivity index (χ4n) is 2.34. The minimum absolute atomic E-state index is 0.00565. The standard InChI is InChI=1S/C14H23N3O5S2/c1-12-3-4-13(23(18,19)16-6-2-5-15)11-14(12)24(20,21)17-7-9-22-10-8-17/h3-4,11,16H,2,5-10,15H2,1H3. The number of benzene rings is 1. The van der Waals surface area contributed by atoms with Gasteiger partial charge in [0.2, 0.25) is 20.0 Å². The van der Waals surface area contributed by atoms with Crippen molar-refractivity contribution in [2.45, 2.75) is 23.1 Å². The normalized spacial score (nSPS) is 17.1. The number of nitrogens with one attached hydrogen (secondary N) is 1. The molecule has 0 bridgehead atoms. The largest absolute Gasteiger partial charge is 0.379 e. The van der Waals surface area contributed by atoms with Gasteiger partial charge in [-0.2, -0.15) is 4.31 Å². The number of rotatable bonds is 7. The van der Waals surface area contributed by atoms with Gasteiger partial charge in [0, 0.05) is 19.6 Å². The van der Waals surface area contributed by atoms with Gasteiger partial charge in [0.05, 0.1) is 23.0 Å². The maximum atomic E-state index is 12.8. The molecule has 0 saturated carbocycles. The lowest BCUT2D eigenvalue weighted by Gasteiger charge is -2.26. The zero-order valence-corrected chi connectivity index (χ0v) is 15.2. The summed E-state index contributed by atoms with van der Waals surface area (Å²) in [4.78, 5) is -0.0666.